The third-order valence-corrected chi connectivity index (χ3v) is 6.48. The number of aliphatic hydroxyl groups is 1. The fourth-order valence-corrected chi connectivity index (χ4v) is 4.65. The molecule has 2 aliphatic heterocycles. The van der Waals surface area contributed by atoms with Crippen LogP contribution in [0.15, 0.2) is 29.8 Å². The van der Waals surface area contributed by atoms with Crippen LogP contribution in [0.2, 0.25) is 0 Å². The molecule has 2 saturated heterocycles. The van der Waals surface area contributed by atoms with Crippen molar-refractivity contribution in [2.24, 2.45) is 7.05 Å². The van der Waals surface area contributed by atoms with E-state index in [1.54, 1.807) is 36.7 Å². The average molecular weight is 455 g/mol. The van der Waals surface area contributed by atoms with E-state index in [0.29, 0.717) is 54.6 Å². The number of amides is 1. The second-order valence-corrected chi connectivity index (χ2v) is 8.36. The van der Waals surface area contributed by atoms with E-state index in [9.17, 15) is 14.7 Å². The summed E-state index contributed by atoms with van der Waals surface area (Å²) in [5.41, 5.74) is 2.49. The largest absolute Gasteiger partial charge is 0.507 e. The maximum absolute atomic E-state index is 13.3. The lowest BCUT2D eigenvalue weighted by Gasteiger charge is -2.31. The van der Waals surface area contributed by atoms with E-state index in [4.69, 9.17) is 9.47 Å². The van der Waals surface area contributed by atoms with Gasteiger partial charge in [0.05, 0.1) is 43.2 Å². The van der Waals surface area contributed by atoms with Crippen molar-refractivity contribution in [2.45, 2.75) is 19.9 Å². The van der Waals surface area contributed by atoms with Gasteiger partial charge in [-0.05, 0) is 19.9 Å². The molecule has 1 N–H and O–H groups in total. The summed E-state index contributed by atoms with van der Waals surface area (Å²) in [6, 6.07) is 6.52. The second kappa shape index (κ2) is 9.36. The predicted molar refractivity (Wildman–Crippen MR) is 122 cm³/mol. The van der Waals surface area contributed by atoms with Crippen LogP contribution in [0.3, 0.4) is 0 Å². The summed E-state index contributed by atoms with van der Waals surface area (Å²) >= 11 is 0. The third-order valence-electron chi connectivity index (χ3n) is 6.48. The van der Waals surface area contributed by atoms with Crippen molar-refractivity contribution < 1.29 is 24.2 Å². The first-order valence-corrected chi connectivity index (χ1v) is 11.1. The fraction of sp³-hybridized carbons (Fsp3) is 0.458. The number of carbonyl (C=O) groups excluding carboxylic acids is 2. The molecule has 0 spiro atoms. The summed E-state index contributed by atoms with van der Waals surface area (Å²) in [4.78, 5) is 30.2. The van der Waals surface area contributed by atoms with Crippen LogP contribution in [-0.2, 0) is 21.4 Å². The first kappa shape index (κ1) is 23.0. The van der Waals surface area contributed by atoms with E-state index in [2.05, 4.69) is 10.00 Å². The predicted octanol–water partition coefficient (Wildman–Crippen LogP) is 1.80. The molecule has 0 radical (unpaired) electrons. The van der Waals surface area contributed by atoms with Crippen LogP contribution >= 0.6 is 0 Å². The van der Waals surface area contributed by atoms with E-state index in [0.717, 1.165) is 13.1 Å². The molecule has 9 nitrogen and oxygen atoms in total. The monoisotopic (exact) mass is 454 g/mol. The maximum atomic E-state index is 13.3. The minimum Gasteiger partial charge on any atom is -0.507 e. The number of morpholine rings is 1. The lowest BCUT2D eigenvalue weighted by molar-refractivity contribution is -0.140. The lowest BCUT2D eigenvalue weighted by Crippen LogP contribution is -2.42. The summed E-state index contributed by atoms with van der Waals surface area (Å²) in [6.07, 6.45) is 0. The van der Waals surface area contributed by atoms with Gasteiger partial charge in [-0.1, -0.05) is 18.2 Å². The van der Waals surface area contributed by atoms with Gasteiger partial charge in [-0.25, -0.2) is 0 Å². The Labute approximate surface area is 193 Å². The molecule has 0 aliphatic carbocycles. The summed E-state index contributed by atoms with van der Waals surface area (Å²) in [5, 5.41) is 15.7. The van der Waals surface area contributed by atoms with Crippen molar-refractivity contribution in [2.75, 3.05) is 46.5 Å². The van der Waals surface area contributed by atoms with E-state index in [-0.39, 0.29) is 11.3 Å². The van der Waals surface area contributed by atoms with Gasteiger partial charge in [-0.3, -0.25) is 19.2 Å². The zero-order valence-corrected chi connectivity index (χ0v) is 19.5. The van der Waals surface area contributed by atoms with Crippen molar-refractivity contribution in [1.82, 2.24) is 19.6 Å². The number of likely N-dealkylation sites (tertiary alicyclic amines) is 1. The minimum atomic E-state index is -0.763. The van der Waals surface area contributed by atoms with Crippen LogP contribution in [0.1, 0.15) is 28.6 Å². The van der Waals surface area contributed by atoms with Gasteiger partial charge < -0.3 is 19.5 Å². The fourth-order valence-electron chi connectivity index (χ4n) is 4.65. The first-order valence-electron chi connectivity index (χ1n) is 11.1. The van der Waals surface area contributed by atoms with E-state index in [1.807, 2.05) is 25.1 Å². The molecular weight excluding hydrogens is 424 g/mol. The van der Waals surface area contributed by atoms with Gasteiger partial charge in [0.15, 0.2) is 0 Å². The van der Waals surface area contributed by atoms with Crippen LogP contribution < -0.4 is 4.74 Å². The van der Waals surface area contributed by atoms with E-state index < -0.39 is 17.7 Å². The lowest BCUT2D eigenvalue weighted by atomic mass is 9.94. The van der Waals surface area contributed by atoms with Crippen LogP contribution in [-0.4, -0.2) is 82.9 Å². The van der Waals surface area contributed by atoms with Gasteiger partial charge in [0.2, 0.25) is 0 Å². The molecule has 2 aromatic rings. The Hall–Kier alpha value is -3.17. The van der Waals surface area contributed by atoms with Gasteiger partial charge in [-0.2, -0.15) is 5.10 Å². The number of benzene rings is 1. The van der Waals surface area contributed by atoms with Gasteiger partial charge in [0.25, 0.3) is 11.7 Å². The normalized spacial score (nSPS) is 21.1. The molecule has 1 aromatic heterocycles. The SMILES string of the molecule is COc1ccccc1[C@H]1/C(=C(\O)c2c(C)nn(C)c2C)C(=O)C(=O)N1CCN1CCOCC1. The number of ketones is 1. The highest BCUT2D eigenvalue weighted by molar-refractivity contribution is 6.46. The number of aryl methyl sites for hydroxylation is 2. The molecule has 4 rings (SSSR count). The summed E-state index contributed by atoms with van der Waals surface area (Å²) in [5.74, 6) is -0.986. The number of hydrogen-bond acceptors (Lipinski definition) is 7. The molecular formula is C24H30N4O5. The molecule has 1 amide bonds. The third kappa shape index (κ3) is 4.14. The number of ether oxygens (including phenoxy) is 2. The molecule has 0 bridgehead atoms. The van der Waals surface area contributed by atoms with E-state index >= 15 is 0 Å². The van der Waals surface area contributed by atoms with E-state index in [1.165, 1.54) is 0 Å². The summed E-state index contributed by atoms with van der Waals surface area (Å²) in [6.45, 7) is 7.38. The molecule has 1 atom stereocenters. The zero-order valence-electron chi connectivity index (χ0n) is 19.5. The van der Waals surface area contributed by atoms with Crippen molar-refractivity contribution in [3.63, 3.8) is 0 Å². The van der Waals surface area contributed by atoms with Gasteiger partial charge in [-0.15, -0.1) is 0 Å². The highest BCUT2D eigenvalue weighted by Crippen LogP contribution is 2.43. The molecule has 9 heteroatoms. The highest BCUT2D eigenvalue weighted by atomic mass is 16.5. The van der Waals surface area contributed by atoms with Crippen molar-refractivity contribution in [1.29, 1.82) is 0 Å². The van der Waals surface area contributed by atoms with Crippen molar-refractivity contribution >= 4 is 17.4 Å². The number of rotatable bonds is 6. The number of methoxy groups -OCH3 is 1. The Morgan fingerprint density at radius 2 is 1.88 bits per heavy atom. The molecule has 176 valence electrons. The molecule has 33 heavy (non-hydrogen) atoms. The number of para-hydroxylation sites is 1. The summed E-state index contributed by atoms with van der Waals surface area (Å²) < 4.78 is 12.6. The Bertz CT molecular complexity index is 1100. The smallest absolute Gasteiger partial charge is 0.295 e. The molecule has 0 unspecified atom stereocenters. The Kier molecular flexibility index (Phi) is 6.53. The van der Waals surface area contributed by atoms with Gasteiger partial charge in [0, 0.05) is 44.5 Å². The average Bonchev–Trinajstić information content (AvgIpc) is 3.23. The second-order valence-electron chi connectivity index (χ2n) is 8.36. The molecule has 1 aromatic carbocycles. The minimum absolute atomic E-state index is 0.0608. The van der Waals surface area contributed by atoms with Crippen molar-refractivity contribution in [3.8, 4) is 5.75 Å². The number of aliphatic hydroxyl groups excluding tert-OH is 1. The topological polar surface area (TPSA) is 97.1 Å². The number of Topliss-reactive ketones (excluding diaryl/α,β-unsaturated/α-hetero) is 1. The molecule has 0 saturated carbocycles. The Balaban J connectivity index is 1.82. The maximum Gasteiger partial charge on any atom is 0.295 e. The van der Waals surface area contributed by atoms with Crippen LogP contribution in [0.25, 0.3) is 5.76 Å². The Morgan fingerprint density at radius 3 is 2.52 bits per heavy atom. The quantitative estimate of drug-likeness (QED) is 0.404. The van der Waals surface area contributed by atoms with Gasteiger partial charge in [0.1, 0.15) is 11.5 Å². The van der Waals surface area contributed by atoms with Crippen molar-refractivity contribution in [3.05, 3.63) is 52.4 Å². The number of hydrogen-bond donors (Lipinski definition) is 1. The standard InChI is InChI=1S/C24H30N4O5/c1-15-19(16(2)26(3)25-15)22(29)20-21(17-7-5-6-8-18(17)32-4)28(24(31)23(20)30)10-9-27-11-13-33-14-12-27/h5-8,21,29H,9-14H2,1-4H3/b22-20+/t21-/m0/s1. The van der Waals surface area contributed by atoms with Crippen LogP contribution in [0.5, 0.6) is 5.75 Å². The summed E-state index contributed by atoms with van der Waals surface area (Å²) in [7, 11) is 3.33. The van der Waals surface area contributed by atoms with Crippen LogP contribution in [0, 0.1) is 13.8 Å². The molecule has 2 aliphatic rings. The number of carbonyl (C=O) groups is 2. The number of nitrogens with zero attached hydrogens (tertiary/aromatic N) is 4. The Morgan fingerprint density at radius 1 is 1.18 bits per heavy atom. The molecule has 3 heterocycles. The van der Waals surface area contributed by atoms with Crippen LogP contribution in [0.4, 0.5) is 0 Å². The first-order chi connectivity index (χ1) is 15.8. The zero-order chi connectivity index (χ0) is 23.7. The molecule has 2 fully saturated rings. The number of aromatic nitrogens is 2. The highest BCUT2D eigenvalue weighted by Gasteiger charge is 2.47. The van der Waals surface area contributed by atoms with Gasteiger partial charge >= 0.3 is 0 Å².